The maximum Gasteiger partial charge on any atom is 0.220 e. The SMILES string of the molecule is CCOc1ccc2c(cc1=O)C(NC(C)=O)CCc1cc(OC)c(OC)c(OC)c1-2. The molecule has 0 aromatic heterocycles. The smallest absolute Gasteiger partial charge is 0.220 e. The number of amides is 1. The van der Waals surface area contributed by atoms with Crippen molar-refractivity contribution in [2.45, 2.75) is 32.7 Å². The molecule has 2 aromatic carbocycles. The lowest BCUT2D eigenvalue weighted by molar-refractivity contribution is -0.119. The Morgan fingerprint density at radius 2 is 1.80 bits per heavy atom. The van der Waals surface area contributed by atoms with E-state index >= 15 is 0 Å². The molecule has 1 atom stereocenters. The van der Waals surface area contributed by atoms with E-state index in [-0.39, 0.29) is 23.1 Å². The van der Waals surface area contributed by atoms with Gasteiger partial charge >= 0.3 is 0 Å². The number of carbonyl (C=O) groups excluding carboxylic acids is 1. The monoisotopic (exact) mass is 413 g/mol. The van der Waals surface area contributed by atoms with Crippen LogP contribution in [0.4, 0.5) is 0 Å². The van der Waals surface area contributed by atoms with Crippen molar-refractivity contribution in [2.24, 2.45) is 0 Å². The summed E-state index contributed by atoms with van der Waals surface area (Å²) in [5.74, 6) is 1.65. The van der Waals surface area contributed by atoms with E-state index in [1.807, 2.05) is 19.1 Å². The fourth-order valence-corrected chi connectivity index (χ4v) is 3.97. The predicted octanol–water partition coefficient (Wildman–Crippen LogP) is 3.26. The van der Waals surface area contributed by atoms with Crippen molar-refractivity contribution >= 4 is 5.91 Å². The number of ether oxygens (including phenoxy) is 4. The van der Waals surface area contributed by atoms with Crippen LogP contribution in [0.25, 0.3) is 11.1 Å². The van der Waals surface area contributed by atoms with Gasteiger partial charge in [-0.2, -0.15) is 0 Å². The van der Waals surface area contributed by atoms with Crippen LogP contribution in [-0.2, 0) is 11.2 Å². The summed E-state index contributed by atoms with van der Waals surface area (Å²) in [4.78, 5) is 24.7. The molecule has 30 heavy (non-hydrogen) atoms. The van der Waals surface area contributed by atoms with E-state index in [9.17, 15) is 9.59 Å². The van der Waals surface area contributed by atoms with Crippen LogP contribution in [0.1, 0.15) is 37.4 Å². The molecule has 0 heterocycles. The Hall–Kier alpha value is -3.22. The molecule has 0 aliphatic heterocycles. The van der Waals surface area contributed by atoms with Gasteiger partial charge < -0.3 is 24.3 Å². The molecule has 0 saturated heterocycles. The van der Waals surface area contributed by atoms with Gasteiger partial charge in [0.2, 0.25) is 17.1 Å². The molecule has 0 fully saturated rings. The van der Waals surface area contributed by atoms with Crippen LogP contribution in [0.3, 0.4) is 0 Å². The summed E-state index contributed by atoms with van der Waals surface area (Å²) in [5.41, 5.74) is 3.05. The summed E-state index contributed by atoms with van der Waals surface area (Å²) < 4.78 is 22.3. The average molecular weight is 413 g/mol. The third-order valence-electron chi connectivity index (χ3n) is 5.18. The van der Waals surface area contributed by atoms with Crippen LogP contribution in [0.15, 0.2) is 29.1 Å². The first-order valence-corrected chi connectivity index (χ1v) is 9.85. The second kappa shape index (κ2) is 9.07. The van der Waals surface area contributed by atoms with Crippen LogP contribution in [0.2, 0.25) is 0 Å². The summed E-state index contributed by atoms with van der Waals surface area (Å²) in [7, 11) is 4.70. The largest absolute Gasteiger partial charge is 0.493 e. The highest BCUT2D eigenvalue weighted by molar-refractivity contribution is 5.83. The second-order valence-electron chi connectivity index (χ2n) is 6.98. The highest BCUT2D eigenvalue weighted by atomic mass is 16.5. The zero-order chi connectivity index (χ0) is 21.8. The Bertz CT molecular complexity index is 1020. The van der Waals surface area contributed by atoms with Gasteiger partial charge in [-0.05, 0) is 54.7 Å². The highest BCUT2D eigenvalue weighted by Gasteiger charge is 2.29. The van der Waals surface area contributed by atoms with E-state index in [0.717, 1.165) is 16.7 Å². The summed E-state index contributed by atoms with van der Waals surface area (Å²) in [6.45, 7) is 3.67. The van der Waals surface area contributed by atoms with Crippen LogP contribution in [0.5, 0.6) is 23.0 Å². The molecular weight excluding hydrogens is 386 g/mol. The average Bonchev–Trinajstić information content (AvgIpc) is 2.96. The predicted molar refractivity (Wildman–Crippen MR) is 114 cm³/mol. The van der Waals surface area contributed by atoms with E-state index in [2.05, 4.69) is 5.32 Å². The summed E-state index contributed by atoms with van der Waals surface area (Å²) >= 11 is 0. The topological polar surface area (TPSA) is 83.1 Å². The van der Waals surface area contributed by atoms with Crippen LogP contribution >= 0.6 is 0 Å². The maximum absolute atomic E-state index is 12.8. The first-order valence-electron chi connectivity index (χ1n) is 9.85. The quantitative estimate of drug-likeness (QED) is 0.783. The fraction of sp³-hybridized carbons (Fsp3) is 0.391. The lowest BCUT2D eigenvalue weighted by Crippen LogP contribution is -2.26. The van der Waals surface area contributed by atoms with E-state index < -0.39 is 0 Å². The fourth-order valence-electron chi connectivity index (χ4n) is 3.97. The Morgan fingerprint density at radius 1 is 1.07 bits per heavy atom. The first kappa shape index (κ1) is 21.5. The minimum absolute atomic E-state index is 0.164. The van der Waals surface area contributed by atoms with Gasteiger partial charge in [0.1, 0.15) is 0 Å². The minimum Gasteiger partial charge on any atom is -0.493 e. The van der Waals surface area contributed by atoms with Gasteiger partial charge in [-0.1, -0.05) is 6.07 Å². The molecule has 1 aliphatic rings. The van der Waals surface area contributed by atoms with Crippen molar-refractivity contribution in [1.82, 2.24) is 5.32 Å². The van der Waals surface area contributed by atoms with Gasteiger partial charge in [-0.15, -0.1) is 0 Å². The Labute approximate surface area is 175 Å². The third-order valence-corrected chi connectivity index (χ3v) is 5.18. The van der Waals surface area contributed by atoms with Crippen LogP contribution in [-0.4, -0.2) is 33.8 Å². The van der Waals surface area contributed by atoms with E-state index in [0.29, 0.717) is 42.3 Å². The van der Waals surface area contributed by atoms with Crippen molar-refractivity contribution in [2.75, 3.05) is 27.9 Å². The van der Waals surface area contributed by atoms with Crippen molar-refractivity contribution in [3.05, 3.63) is 45.6 Å². The molecule has 160 valence electrons. The van der Waals surface area contributed by atoms with Gasteiger partial charge in [-0.3, -0.25) is 9.59 Å². The lowest BCUT2D eigenvalue weighted by Gasteiger charge is -2.19. The molecule has 2 aromatic rings. The summed E-state index contributed by atoms with van der Waals surface area (Å²) in [6.07, 6.45) is 1.27. The summed E-state index contributed by atoms with van der Waals surface area (Å²) in [6, 6.07) is 6.65. The van der Waals surface area contributed by atoms with Gasteiger partial charge in [0.15, 0.2) is 17.2 Å². The minimum atomic E-state index is -0.332. The molecule has 3 rings (SSSR count). The molecule has 1 amide bonds. The number of fused-ring (bicyclic) bond motifs is 3. The van der Waals surface area contributed by atoms with Gasteiger partial charge in [0.25, 0.3) is 0 Å². The number of benzene rings is 1. The number of rotatable bonds is 6. The van der Waals surface area contributed by atoms with Gasteiger partial charge in [0.05, 0.1) is 34.0 Å². The number of hydrogen-bond acceptors (Lipinski definition) is 6. The molecule has 0 radical (unpaired) electrons. The van der Waals surface area contributed by atoms with Crippen molar-refractivity contribution in [1.29, 1.82) is 0 Å². The molecule has 1 aliphatic carbocycles. The van der Waals surface area contributed by atoms with E-state index in [4.69, 9.17) is 18.9 Å². The Morgan fingerprint density at radius 3 is 2.40 bits per heavy atom. The number of carbonyl (C=O) groups is 1. The Balaban J connectivity index is 2.39. The standard InChI is InChI=1S/C23H27NO6/c1-6-30-19-10-8-15-16(12-18(19)26)17(24-13(2)25)9-7-14-11-20(27-3)22(28-4)23(29-5)21(14)15/h8,10-12,17H,6-7,9H2,1-5H3,(H,24,25). The zero-order valence-corrected chi connectivity index (χ0v) is 18.0. The second-order valence-corrected chi connectivity index (χ2v) is 6.98. The number of aryl methyl sites for hydroxylation is 1. The van der Waals surface area contributed by atoms with Crippen LogP contribution < -0.4 is 29.7 Å². The highest BCUT2D eigenvalue weighted by Crippen LogP contribution is 2.50. The molecule has 0 bridgehead atoms. The molecule has 0 saturated carbocycles. The molecule has 0 spiro atoms. The van der Waals surface area contributed by atoms with Crippen molar-refractivity contribution in [3.63, 3.8) is 0 Å². The van der Waals surface area contributed by atoms with Gasteiger partial charge in [0, 0.05) is 12.5 Å². The first-order chi connectivity index (χ1) is 14.4. The van der Waals surface area contributed by atoms with Crippen molar-refractivity contribution in [3.8, 4) is 34.1 Å². The zero-order valence-electron chi connectivity index (χ0n) is 18.0. The number of nitrogens with one attached hydrogen (secondary N) is 1. The molecule has 7 heteroatoms. The van der Waals surface area contributed by atoms with Gasteiger partial charge in [-0.25, -0.2) is 0 Å². The maximum atomic E-state index is 12.8. The normalized spacial score (nSPS) is 14.6. The van der Waals surface area contributed by atoms with Crippen molar-refractivity contribution < 1.29 is 23.7 Å². The molecule has 7 nitrogen and oxygen atoms in total. The lowest BCUT2D eigenvalue weighted by atomic mass is 9.95. The number of hydrogen-bond donors (Lipinski definition) is 1. The Kier molecular flexibility index (Phi) is 6.50. The molecule has 1 unspecified atom stereocenters. The molecule has 1 N–H and O–H groups in total. The number of methoxy groups -OCH3 is 3. The van der Waals surface area contributed by atoms with E-state index in [1.165, 1.54) is 6.92 Å². The van der Waals surface area contributed by atoms with Crippen LogP contribution in [0, 0.1) is 0 Å². The third kappa shape index (κ3) is 3.92. The van der Waals surface area contributed by atoms with E-state index in [1.54, 1.807) is 33.5 Å². The molecular formula is C23H27NO6. The summed E-state index contributed by atoms with van der Waals surface area (Å²) in [5, 5.41) is 2.98.